The Morgan fingerprint density at radius 2 is 1.81 bits per heavy atom. The molecule has 0 fully saturated rings. The fourth-order valence-corrected chi connectivity index (χ4v) is 3.00. The maximum absolute atomic E-state index is 12.3. The quantitative estimate of drug-likeness (QED) is 0.691. The molecule has 0 saturated heterocycles. The molecule has 1 heterocycles. The number of aromatic nitrogens is 1. The lowest BCUT2D eigenvalue weighted by Crippen LogP contribution is -2.12. The Balaban J connectivity index is 1.69. The summed E-state index contributed by atoms with van der Waals surface area (Å²) >= 11 is 5.82. The van der Waals surface area contributed by atoms with Crippen LogP contribution in [0, 0.1) is 0 Å². The molecule has 1 amide bonds. The van der Waals surface area contributed by atoms with E-state index in [1.807, 2.05) is 0 Å². The third-order valence-corrected chi connectivity index (χ3v) is 4.92. The van der Waals surface area contributed by atoms with E-state index in [1.54, 1.807) is 36.4 Å². The third kappa shape index (κ3) is 5.06. The first-order valence-corrected chi connectivity index (χ1v) is 10.1. The summed E-state index contributed by atoms with van der Waals surface area (Å²) in [5.41, 5.74) is 0.688. The molecule has 0 unspecified atom stereocenters. The highest BCUT2D eigenvalue weighted by molar-refractivity contribution is 7.90. The number of nitrogens with one attached hydrogen (secondary N) is 1. The molecule has 1 N–H and O–H groups in total. The van der Waals surface area contributed by atoms with E-state index in [9.17, 15) is 13.2 Å². The monoisotopic (exact) mass is 402 g/mol. The number of hydrogen-bond donors (Lipinski definition) is 1. The van der Waals surface area contributed by atoms with E-state index >= 15 is 0 Å². The second-order valence-corrected chi connectivity index (χ2v) is 8.15. The molecule has 0 spiro atoms. The zero-order chi connectivity index (χ0) is 19.4. The first kappa shape index (κ1) is 18.9. The van der Waals surface area contributed by atoms with Crippen LogP contribution in [0.5, 0.6) is 11.6 Å². The van der Waals surface area contributed by atoms with Gasteiger partial charge < -0.3 is 10.1 Å². The van der Waals surface area contributed by atoms with E-state index in [1.165, 1.54) is 30.5 Å². The zero-order valence-corrected chi connectivity index (χ0v) is 15.8. The Bertz CT molecular complexity index is 1070. The number of benzene rings is 2. The van der Waals surface area contributed by atoms with Crippen LogP contribution in [0.3, 0.4) is 0 Å². The molecule has 0 radical (unpaired) electrons. The number of sulfone groups is 1. The minimum absolute atomic E-state index is 0.0833. The van der Waals surface area contributed by atoms with Gasteiger partial charge in [0.15, 0.2) is 9.84 Å². The van der Waals surface area contributed by atoms with Crippen molar-refractivity contribution in [3.8, 4) is 11.6 Å². The van der Waals surface area contributed by atoms with Crippen molar-refractivity contribution in [2.45, 2.75) is 4.90 Å². The van der Waals surface area contributed by atoms with Crippen LogP contribution >= 0.6 is 11.6 Å². The highest BCUT2D eigenvalue weighted by atomic mass is 35.5. The summed E-state index contributed by atoms with van der Waals surface area (Å²) in [5, 5.41) is 3.27. The maximum Gasteiger partial charge on any atom is 0.255 e. The van der Waals surface area contributed by atoms with Gasteiger partial charge in [-0.1, -0.05) is 17.7 Å². The van der Waals surface area contributed by atoms with Crippen LogP contribution in [-0.2, 0) is 9.84 Å². The number of ether oxygens (including phenoxy) is 1. The van der Waals surface area contributed by atoms with Gasteiger partial charge in [-0.2, -0.15) is 0 Å². The van der Waals surface area contributed by atoms with Crippen molar-refractivity contribution in [3.05, 3.63) is 77.4 Å². The molecular weight excluding hydrogens is 388 g/mol. The summed E-state index contributed by atoms with van der Waals surface area (Å²) in [6.07, 6.45) is 2.54. The number of carbonyl (C=O) groups is 1. The Morgan fingerprint density at radius 1 is 1.07 bits per heavy atom. The van der Waals surface area contributed by atoms with Gasteiger partial charge in [0.25, 0.3) is 5.91 Å². The minimum atomic E-state index is -3.39. The number of anilines is 1. The number of amides is 1. The SMILES string of the molecule is CS(=O)(=O)c1cccc(C(=O)Nc2ccc(Oc3ccc(Cl)cc3)nc2)c1. The van der Waals surface area contributed by atoms with Crippen LogP contribution in [0.2, 0.25) is 5.02 Å². The molecule has 2 aromatic carbocycles. The predicted molar refractivity (Wildman–Crippen MR) is 103 cm³/mol. The first-order chi connectivity index (χ1) is 12.8. The highest BCUT2D eigenvalue weighted by Gasteiger charge is 2.12. The lowest BCUT2D eigenvalue weighted by atomic mass is 10.2. The Kier molecular flexibility index (Phi) is 5.43. The smallest absolute Gasteiger partial charge is 0.255 e. The van der Waals surface area contributed by atoms with E-state index in [0.29, 0.717) is 22.3 Å². The molecule has 1 aromatic heterocycles. The van der Waals surface area contributed by atoms with Gasteiger partial charge in [0.2, 0.25) is 5.88 Å². The molecular formula is C19H15ClN2O4S. The topological polar surface area (TPSA) is 85.4 Å². The highest BCUT2D eigenvalue weighted by Crippen LogP contribution is 2.22. The molecule has 138 valence electrons. The van der Waals surface area contributed by atoms with E-state index in [4.69, 9.17) is 16.3 Å². The van der Waals surface area contributed by atoms with Crippen molar-refractivity contribution >= 4 is 33.0 Å². The number of rotatable bonds is 5. The van der Waals surface area contributed by atoms with E-state index in [0.717, 1.165) is 6.26 Å². The molecule has 0 saturated carbocycles. The molecule has 0 aliphatic heterocycles. The third-order valence-electron chi connectivity index (χ3n) is 3.55. The van der Waals surface area contributed by atoms with Gasteiger partial charge in [-0.05, 0) is 48.5 Å². The molecule has 27 heavy (non-hydrogen) atoms. The minimum Gasteiger partial charge on any atom is -0.439 e. The van der Waals surface area contributed by atoms with Crippen molar-refractivity contribution < 1.29 is 17.9 Å². The number of pyridine rings is 1. The van der Waals surface area contributed by atoms with Crippen LogP contribution in [0.15, 0.2) is 71.8 Å². The van der Waals surface area contributed by atoms with Crippen molar-refractivity contribution in [2.75, 3.05) is 11.6 Å². The van der Waals surface area contributed by atoms with Gasteiger partial charge in [0.1, 0.15) is 5.75 Å². The molecule has 3 rings (SSSR count). The predicted octanol–water partition coefficient (Wildman–Crippen LogP) is 4.18. The zero-order valence-electron chi connectivity index (χ0n) is 14.2. The van der Waals surface area contributed by atoms with Gasteiger partial charge in [0, 0.05) is 22.9 Å². The van der Waals surface area contributed by atoms with Crippen LogP contribution in [-0.4, -0.2) is 25.6 Å². The Morgan fingerprint density at radius 3 is 2.44 bits per heavy atom. The van der Waals surface area contributed by atoms with Gasteiger partial charge in [0.05, 0.1) is 16.8 Å². The lowest BCUT2D eigenvalue weighted by Gasteiger charge is -2.08. The fraction of sp³-hybridized carbons (Fsp3) is 0.0526. The molecule has 8 heteroatoms. The second-order valence-electron chi connectivity index (χ2n) is 5.70. The van der Waals surface area contributed by atoms with E-state index in [-0.39, 0.29) is 10.5 Å². The van der Waals surface area contributed by atoms with E-state index < -0.39 is 15.7 Å². The van der Waals surface area contributed by atoms with Crippen molar-refractivity contribution in [1.29, 1.82) is 0 Å². The molecule has 6 nitrogen and oxygen atoms in total. The summed E-state index contributed by atoms with van der Waals surface area (Å²) in [5.74, 6) is 0.504. The summed E-state index contributed by atoms with van der Waals surface area (Å²) in [6, 6.07) is 15.9. The van der Waals surface area contributed by atoms with Crippen LogP contribution in [0.1, 0.15) is 10.4 Å². The fourth-order valence-electron chi connectivity index (χ4n) is 2.21. The largest absolute Gasteiger partial charge is 0.439 e. The van der Waals surface area contributed by atoms with Crippen molar-refractivity contribution in [3.63, 3.8) is 0 Å². The Hall–Kier alpha value is -2.90. The number of hydrogen-bond acceptors (Lipinski definition) is 5. The average molecular weight is 403 g/mol. The van der Waals surface area contributed by atoms with Crippen LogP contribution in [0.4, 0.5) is 5.69 Å². The molecule has 3 aromatic rings. The summed E-state index contributed by atoms with van der Waals surface area (Å²) < 4.78 is 28.8. The molecule has 0 aliphatic carbocycles. The lowest BCUT2D eigenvalue weighted by molar-refractivity contribution is 0.102. The molecule has 0 aliphatic rings. The van der Waals surface area contributed by atoms with E-state index in [2.05, 4.69) is 10.3 Å². The van der Waals surface area contributed by atoms with Gasteiger partial charge >= 0.3 is 0 Å². The van der Waals surface area contributed by atoms with Crippen molar-refractivity contribution in [2.24, 2.45) is 0 Å². The number of halogens is 1. The summed E-state index contributed by atoms with van der Waals surface area (Å²) in [4.78, 5) is 16.5. The Labute approximate surface area is 161 Å². The maximum atomic E-state index is 12.3. The van der Waals surface area contributed by atoms with Gasteiger partial charge in [-0.15, -0.1) is 0 Å². The number of carbonyl (C=O) groups excluding carboxylic acids is 1. The normalized spacial score (nSPS) is 11.0. The molecule has 0 atom stereocenters. The first-order valence-electron chi connectivity index (χ1n) is 7.82. The summed E-state index contributed by atoms with van der Waals surface area (Å²) in [7, 11) is -3.39. The number of nitrogens with zero attached hydrogens (tertiary/aromatic N) is 1. The van der Waals surface area contributed by atoms with Crippen molar-refractivity contribution in [1.82, 2.24) is 4.98 Å². The molecule has 0 bridgehead atoms. The average Bonchev–Trinajstić information content (AvgIpc) is 2.64. The van der Waals surface area contributed by atoms with Crippen LogP contribution < -0.4 is 10.1 Å². The van der Waals surface area contributed by atoms with Gasteiger partial charge in [-0.25, -0.2) is 13.4 Å². The van der Waals surface area contributed by atoms with Crippen LogP contribution in [0.25, 0.3) is 0 Å². The second kappa shape index (κ2) is 7.77. The standard InChI is InChI=1S/C19H15ClN2O4S/c1-27(24,25)17-4-2-3-13(11-17)19(23)22-15-7-10-18(21-12-15)26-16-8-5-14(20)6-9-16/h2-12H,1H3,(H,22,23). The summed E-state index contributed by atoms with van der Waals surface area (Å²) in [6.45, 7) is 0. The van der Waals surface area contributed by atoms with Gasteiger partial charge in [-0.3, -0.25) is 4.79 Å².